The first kappa shape index (κ1) is 21.9. The molecule has 0 aromatic heterocycles. The Hall–Kier alpha value is -0.0551. The second-order valence-corrected chi connectivity index (χ2v) is 7.51. The first-order valence-electron chi connectivity index (χ1n) is 9.26. The first-order valence-corrected chi connectivity index (χ1v) is 9.26. The molecule has 0 amide bonds. The Bertz CT molecular complexity index is 194. The highest BCUT2D eigenvalue weighted by atomic mass is 16.7. The molecule has 0 spiro atoms. The van der Waals surface area contributed by atoms with Crippen LogP contribution in [0, 0.1) is 17.8 Å². The lowest BCUT2D eigenvalue weighted by Crippen LogP contribution is -2.29. The largest absolute Gasteiger partial charge is 0.639 e. The Morgan fingerprint density at radius 1 is 0.545 bits per heavy atom. The molecule has 22 heavy (non-hydrogen) atoms. The second-order valence-electron chi connectivity index (χ2n) is 7.51. The topological polar surface area (TPSA) is 27.7 Å². The van der Waals surface area contributed by atoms with Gasteiger partial charge in [0.2, 0.25) is 0 Å². The molecule has 0 aromatic carbocycles. The lowest BCUT2D eigenvalue weighted by Gasteiger charge is -2.16. The van der Waals surface area contributed by atoms with Crippen molar-refractivity contribution in [3.05, 3.63) is 0 Å². The standard InChI is InChI=1S/C18H39BO3/c1-16(2)10-7-13-20-19(21-14-8-11-17(3)4)22-15-9-12-18(5)6/h16-18H,7-15H2,1-6H3. The quantitative estimate of drug-likeness (QED) is 0.302. The second kappa shape index (κ2) is 14.5. The number of hydrogen-bond acceptors (Lipinski definition) is 3. The Balaban J connectivity index is 3.86. The number of hydrogen-bond donors (Lipinski definition) is 0. The fourth-order valence-corrected chi connectivity index (χ4v) is 2.16. The lowest BCUT2D eigenvalue weighted by atomic mass is 10.1. The summed E-state index contributed by atoms with van der Waals surface area (Å²) < 4.78 is 17.3. The van der Waals surface area contributed by atoms with E-state index in [0.717, 1.165) is 56.8 Å². The van der Waals surface area contributed by atoms with E-state index in [4.69, 9.17) is 14.0 Å². The minimum atomic E-state index is -0.480. The molecule has 0 heterocycles. The molecule has 0 aromatic rings. The monoisotopic (exact) mass is 314 g/mol. The molecule has 4 heteroatoms. The minimum absolute atomic E-state index is 0.480. The molecule has 0 N–H and O–H groups in total. The zero-order chi connectivity index (χ0) is 16.8. The van der Waals surface area contributed by atoms with Gasteiger partial charge >= 0.3 is 7.32 Å². The van der Waals surface area contributed by atoms with Crippen molar-refractivity contribution in [3.63, 3.8) is 0 Å². The fourth-order valence-electron chi connectivity index (χ4n) is 2.16. The Labute approximate surface area is 139 Å². The van der Waals surface area contributed by atoms with Gasteiger partial charge in [-0.3, -0.25) is 0 Å². The van der Waals surface area contributed by atoms with Crippen LogP contribution in [0.3, 0.4) is 0 Å². The predicted octanol–water partition coefficient (Wildman–Crippen LogP) is 5.33. The van der Waals surface area contributed by atoms with Crippen LogP contribution in [0.5, 0.6) is 0 Å². The van der Waals surface area contributed by atoms with Crippen molar-refractivity contribution in [2.75, 3.05) is 19.8 Å². The lowest BCUT2D eigenvalue weighted by molar-refractivity contribution is 0.0867. The Kier molecular flexibility index (Phi) is 14.5. The summed E-state index contributed by atoms with van der Waals surface area (Å²) in [5.74, 6) is 2.17. The van der Waals surface area contributed by atoms with Gasteiger partial charge in [0.05, 0.1) is 0 Å². The molecule has 0 rings (SSSR count). The van der Waals surface area contributed by atoms with Gasteiger partial charge in [0.15, 0.2) is 0 Å². The van der Waals surface area contributed by atoms with E-state index in [1.807, 2.05) is 0 Å². The molecule has 0 saturated carbocycles. The summed E-state index contributed by atoms with van der Waals surface area (Å²) in [4.78, 5) is 0. The van der Waals surface area contributed by atoms with Crippen molar-refractivity contribution in [1.29, 1.82) is 0 Å². The third kappa shape index (κ3) is 16.3. The molecule has 0 aliphatic heterocycles. The van der Waals surface area contributed by atoms with Gasteiger partial charge in [-0.1, -0.05) is 41.5 Å². The van der Waals surface area contributed by atoms with Crippen molar-refractivity contribution >= 4 is 7.32 Å². The average Bonchev–Trinajstić information content (AvgIpc) is 2.42. The Morgan fingerprint density at radius 3 is 1.05 bits per heavy atom. The zero-order valence-electron chi connectivity index (χ0n) is 15.9. The molecule has 132 valence electrons. The SMILES string of the molecule is CC(C)CCCOB(OCCCC(C)C)OCCCC(C)C. The molecule has 3 nitrogen and oxygen atoms in total. The summed E-state index contributed by atoms with van der Waals surface area (Å²) in [6.07, 6.45) is 6.77. The highest BCUT2D eigenvalue weighted by Gasteiger charge is 2.21. The van der Waals surface area contributed by atoms with Gasteiger partial charge in [0.25, 0.3) is 0 Å². The van der Waals surface area contributed by atoms with Crippen LogP contribution < -0.4 is 0 Å². The van der Waals surface area contributed by atoms with Gasteiger partial charge in [-0.2, -0.15) is 0 Å². The van der Waals surface area contributed by atoms with E-state index in [9.17, 15) is 0 Å². The van der Waals surface area contributed by atoms with Crippen molar-refractivity contribution in [1.82, 2.24) is 0 Å². The van der Waals surface area contributed by atoms with Crippen LogP contribution in [0.2, 0.25) is 0 Å². The maximum atomic E-state index is 5.76. The zero-order valence-corrected chi connectivity index (χ0v) is 15.9. The van der Waals surface area contributed by atoms with Crippen molar-refractivity contribution in [3.8, 4) is 0 Å². The summed E-state index contributed by atoms with van der Waals surface area (Å²) in [5.41, 5.74) is 0. The van der Waals surface area contributed by atoms with Crippen LogP contribution in [0.25, 0.3) is 0 Å². The van der Waals surface area contributed by atoms with E-state index >= 15 is 0 Å². The van der Waals surface area contributed by atoms with Gasteiger partial charge < -0.3 is 14.0 Å². The van der Waals surface area contributed by atoms with Gasteiger partial charge in [0.1, 0.15) is 0 Å². The van der Waals surface area contributed by atoms with Crippen molar-refractivity contribution in [2.24, 2.45) is 17.8 Å². The van der Waals surface area contributed by atoms with E-state index in [-0.39, 0.29) is 0 Å². The highest BCUT2D eigenvalue weighted by Crippen LogP contribution is 2.08. The molecule has 0 atom stereocenters. The fraction of sp³-hybridized carbons (Fsp3) is 1.00. The van der Waals surface area contributed by atoms with Crippen LogP contribution in [-0.4, -0.2) is 27.1 Å². The van der Waals surface area contributed by atoms with Crippen LogP contribution in [0.15, 0.2) is 0 Å². The van der Waals surface area contributed by atoms with E-state index < -0.39 is 7.32 Å². The molecule has 0 aliphatic carbocycles. The van der Waals surface area contributed by atoms with E-state index in [0.29, 0.717) is 0 Å². The summed E-state index contributed by atoms with van der Waals surface area (Å²) in [6.45, 7) is 15.6. The van der Waals surface area contributed by atoms with Gasteiger partial charge in [-0.15, -0.1) is 0 Å². The van der Waals surface area contributed by atoms with Crippen LogP contribution >= 0.6 is 0 Å². The van der Waals surface area contributed by atoms with Gasteiger partial charge in [0, 0.05) is 19.8 Å². The molecule has 0 aliphatic rings. The van der Waals surface area contributed by atoms with Crippen molar-refractivity contribution < 1.29 is 14.0 Å². The minimum Gasteiger partial charge on any atom is -0.386 e. The molecule has 0 bridgehead atoms. The maximum absolute atomic E-state index is 5.76. The smallest absolute Gasteiger partial charge is 0.386 e. The summed E-state index contributed by atoms with van der Waals surface area (Å²) >= 11 is 0. The molecule has 0 fully saturated rings. The van der Waals surface area contributed by atoms with Gasteiger partial charge in [-0.05, 0) is 56.3 Å². The normalized spacial score (nSPS) is 11.9. The highest BCUT2D eigenvalue weighted by molar-refractivity contribution is 6.36. The molecule has 0 unspecified atom stereocenters. The first-order chi connectivity index (χ1) is 10.4. The van der Waals surface area contributed by atoms with E-state index in [1.165, 1.54) is 19.3 Å². The molecular weight excluding hydrogens is 275 g/mol. The Morgan fingerprint density at radius 2 is 0.818 bits per heavy atom. The molecule has 0 radical (unpaired) electrons. The summed E-state index contributed by atoms with van der Waals surface area (Å²) in [5, 5.41) is 0. The van der Waals surface area contributed by atoms with Gasteiger partial charge in [-0.25, -0.2) is 0 Å². The number of rotatable bonds is 15. The maximum Gasteiger partial charge on any atom is 0.639 e. The molecular formula is C18H39BO3. The van der Waals surface area contributed by atoms with Crippen LogP contribution in [0.1, 0.15) is 80.1 Å². The van der Waals surface area contributed by atoms with E-state index in [2.05, 4.69) is 41.5 Å². The summed E-state index contributed by atoms with van der Waals surface area (Å²) in [7, 11) is -0.480. The average molecular weight is 314 g/mol. The van der Waals surface area contributed by atoms with Crippen molar-refractivity contribution in [2.45, 2.75) is 80.1 Å². The van der Waals surface area contributed by atoms with Crippen LogP contribution in [0.4, 0.5) is 0 Å². The third-order valence-corrected chi connectivity index (χ3v) is 3.54. The predicted molar refractivity (Wildman–Crippen MR) is 95.8 cm³/mol. The molecule has 0 saturated heterocycles. The summed E-state index contributed by atoms with van der Waals surface area (Å²) in [6, 6.07) is 0. The van der Waals surface area contributed by atoms with E-state index in [1.54, 1.807) is 0 Å². The van der Waals surface area contributed by atoms with Crippen LogP contribution in [-0.2, 0) is 14.0 Å². The third-order valence-electron chi connectivity index (χ3n) is 3.54.